The third-order valence-electron chi connectivity index (χ3n) is 5.67. The molecule has 1 aromatic heterocycles. The van der Waals surface area contributed by atoms with Crippen LogP contribution in [0.5, 0.6) is 0 Å². The molecule has 1 aliphatic heterocycles. The highest BCUT2D eigenvalue weighted by atomic mass is 32.2. The van der Waals surface area contributed by atoms with Crippen LogP contribution in [0.3, 0.4) is 0 Å². The van der Waals surface area contributed by atoms with Gasteiger partial charge in [0.1, 0.15) is 0 Å². The number of carbonyl (C=O) groups excluding carboxylic acids is 1. The largest absolute Gasteiger partial charge is 0.378 e. The van der Waals surface area contributed by atoms with Crippen LogP contribution in [-0.2, 0) is 16.1 Å². The van der Waals surface area contributed by atoms with Crippen LogP contribution in [-0.4, -0.2) is 52.2 Å². The first kappa shape index (κ1) is 23.3. The Morgan fingerprint density at radius 3 is 2.45 bits per heavy atom. The first-order valence-corrected chi connectivity index (χ1v) is 12.3. The van der Waals surface area contributed by atoms with Crippen molar-refractivity contribution in [3.05, 3.63) is 65.7 Å². The van der Waals surface area contributed by atoms with Gasteiger partial charge in [-0.2, -0.15) is 0 Å². The van der Waals surface area contributed by atoms with Crippen molar-refractivity contribution in [3.63, 3.8) is 0 Å². The second-order valence-corrected chi connectivity index (χ2v) is 9.75. The van der Waals surface area contributed by atoms with Crippen molar-refractivity contribution < 1.29 is 9.53 Å². The topological polar surface area (TPSA) is 72.3 Å². The van der Waals surface area contributed by atoms with Gasteiger partial charge >= 0.3 is 0 Å². The Balaban J connectivity index is 1.54. The van der Waals surface area contributed by atoms with Crippen LogP contribution in [0.1, 0.15) is 37.8 Å². The van der Waals surface area contributed by atoms with E-state index in [0.29, 0.717) is 25.7 Å². The average Bonchev–Trinajstić information content (AvgIpc) is 3.22. The van der Waals surface area contributed by atoms with E-state index in [1.807, 2.05) is 43.3 Å². The first-order valence-electron chi connectivity index (χ1n) is 11.4. The molecule has 1 fully saturated rings. The van der Waals surface area contributed by atoms with Crippen LogP contribution >= 0.6 is 11.8 Å². The van der Waals surface area contributed by atoms with Crippen molar-refractivity contribution in [1.82, 2.24) is 14.8 Å². The first-order chi connectivity index (χ1) is 16.0. The molecular weight excluding hydrogens is 434 g/mol. The number of rotatable bonds is 8. The fourth-order valence-corrected chi connectivity index (χ4v) is 4.67. The zero-order valence-corrected chi connectivity index (χ0v) is 20.2. The maximum Gasteiger partial charge on any atom is 0.237 e. The summed E-state index contributed by atoms with van der Waals surface area (Å²) in [4.78, 5) is 15.3. The highest BCUT2D eigenvalue weighted by Crippen LogP contribution is 2.29. The lowest BCUT2D eigenvalue weighted by Gasteiger charge is -2.28. The van der Waals surface area contributed by atoms with E-state index < -0.39 is 0 Å². The van der Waals surface area contributed by atoms with Gasteiger partial charge in [0.15, 0.2) is 5.16 Å². The lowest BCUT2D eigenvalue weighted by molar-refractivity contribution is -0.115. The molecule has 2 aromatic carbocycles. The zero-order chi connectivity index (χ0) is 23.2. The minimum atomic E-state index is -0.332. The number of anilines is 2. The number of ether oxygens (including phenoxy) is 1. The van der Waals surface area contributed by atoms with E-state index in [4.69, 9.17) is 4.74 Å². The fraction of sp³-hybridized carbons (Fsp3) is 0.400. The molecule has 7 nitrogen and oxygen atoms in total. The summed E-state index contributed by atoms with van der Waals surface area (Å²) >= 11 is 1.44. The number of benzene rings is 2. The molecule has 0 radical (unpaired) electrons. The lowest BCUT2D eigenvalue weighted by atomic mass is 10.0. The molecule has 1 amide bonds. The number of hydrogen-bond acceptors (Lipinski definition) is 6. The van der Waals surface area contributed by atoms with Crippen LogP contribution in [0, 0.1) is 0 Å². The second kappa shape index (κ2) is 10.9. The van der Waals surface area contributed by atoms with Crippen molar-refractivity contribution in [3.8, 4) is 0 Å². The van der Waals surface area contributed by atoms with Gasteiger partial charge in [0, 0.05) is 18.8 Å². The molecule has 0 aliphatic carbocycles. The molecule has 8 heteroatoms. The Bertz CT molecular complexity index is 1060. The fourth-order valence-electron chi connectivity index (χ4n) is 3.83. The summed E-state index contributed by atoms with van der Waals surface area (Å²) in [5.74, 6) is 1.10. The van der Waals surface area contributed by atoms with Gasteiger partial charge < -0.3 is 15.0 Å². The molecule has 0 saturated carbocycles. The van der Waals surface area contributed by atoms with Crippen LogP contribution in [0.15, 0.2) is 59.8 Å². The van der Waals surface area contributed by atoms with Crippen molar-refractivity contribution in [1.29, 1.82) is 0 Å². The van der Waals surface area contributed by atoms with Crippen LogP contribution in [0.2, 0.25) is 0 Å². The number of para-hydroxylation sites is 1. The summed E-state index contributed by atoms with van der Waals surface area (Å²) < 4.78 is 7.62. The van der Waals surface area contributed by atoms with Gasteiger partial charge in [-0.1, -0.05) is 74.1 Å². The predicted molar refractivity (Wildman–Crippen MR) is 133 cm³/mol. The molecule has 1 aliphatic rings. The third-order valence-corrected chi connectivity index (χ3v) is 6.75. The van der Waals surface area contributed by atoms with Gasteiger partial charge in [-0.15, -0.1) is 10.2 Å². The number of amides is 1. The van der Waals surface area contributed by atoms with Gasteiger partial charge in [0.2, 0.25) is 11.9 Å². The number of thioether (sulfide) groups is 1. The second-order valence-electron chi connectivity index (χ2n) is 8.45. The molecule has 0 bridgehead atoms. The normalized spacial score (nSPS) is 15.0. The highest BCUT2D eigenvalue weighted by molar-refractivity contribution is 8.00. The summed E-state index contributed by atoms with van der Waals surface area (Å²) in [5, 5.41) is 12.5. The number of hydrogen-bond donors (Lipinski definition) is 1. The van der Waals surface area contributed by atoms with Gasteiger partial charge in [-0.25, -0.2) is 0 Å². The predicted octanol–water partition coefficient (Wildman–Crippen LogP) is 4.41. The van der Waals surface area contributed by atoms with Gasteiger partial charge in [-0.05, 0) is 30.0 Å². The highest BCUT2D eigenvalue weighted by Gasteiger charge is 2.24. The molecule has 1 atom stereocenters. The van der Waals surface area contributed by atoms with E-state index in [-0.39, 0.29) is 11.2 Å². The standard InChI is InChI=1S/C25H31N5O2S/c1-18(2)21-11-7-8-12-22(21)26-23(31)19(3)33-25-28-27-24(29-13-15-32-16-14-29)30(25)17-20-9-5-4-6-10-20/h4-12,18-19H,13-17H2,1-3H3,(H,26,31). The summed E-state index contributed by atoms with van der Waals surface area (Å²) in [6.45, 7) is 9.72. The Hall–Kier alpha value is -2.84. The summed E-state index contributed by atoms with van der Waals surface area (Å²) in [7, 11) is 0. The quantitative estimate of drug-likeness (QED) is 0.497. The van der Waals surface area contributed by atoms with E-state index in [0.717, 1.165) is 41.0 Å². The van der Waals surface area contributed by atoms with Crippen LogP contribution < -0.4 is 10.2 Å². The zero-order valence-electron chi connectivity index (χ0n) is 19.4. The molecule has 1 N–H and O–H groups in total. The monoisotopic (exact) mass is 465 g/mol. The SMILES string of the molecule is CC(Sc1nnc(N2CCOCC2)n1Cc1ccccc1)C(=O)Nc1ccccc1C(C)C. The molecule has 0 spiro atoms. The van der Waals surface area contributed by atoms with Crippen molar-refractivity contribution >= 4 is 29.3 Å². The van der Waals surface area contributed by atoms with E-state index in [2.05, 4.69) is 57.0 Å². The molecule has 2 heterocycles. The number of morpholine rings is 1. The van der Waals surface area contributed by atoms with Crippen molar-refractivity contribution in [2.75, 3.05) is 36.5 Å². The van der Waals surface area contributed by atoms with E-state index in [1.165, 1.54) is 11.8 Å². The average molecular weight is 466 g/mol. The smallest absolute Gasteiger partial charge is 0.237 e. The van der Waals surface area contributed by atoms with Crippen molar-refractivity contribution in [2.45, 2.75) is 43.6 Å². The molecular formula is C25H31N5O2S. The molecule has 174 valence electrons. The van der Waals surface area contributed by atoms with Crippen LogP contribution in [0.4, 0.5) is 11.6 Å². The molecule has 1 saturated heterocycles. The maximum absolute atomic E-state index is 13.1. The molecule has 1 unspecified atom stereocenters. The maximum atomic E-state index is 13.1. The Labute approximate surface area is 199 Å². The molecule has 3 aromatic rings. The van der Waals surface area contributed by atoms with E-state index in [1.54, 1.807) is 0 Å². The lowest BCUT2D eigenvalue weighted by Crippen LogP contribution is -2.38. The summed E-state index contributed by atoms with van der Waals surface area (Å²) in [6.07, 6.45) is 0. The minimum Gasteiger partial charge on any atom is -0.378 e. The van der Waals surface area contributed by atoms with Gasteiger partial charge in [-0.3, -0.25) is 9.36 Å². The Morgan fingerprint density at radius 1 is 1.03 bits per heavy atom. The van der Waals surface area contributed by atoms with Crippen molar-refractivity contribution in [2.24, 2.45) is 0 Å². The number of aromatic nitrogens is 3. The Morgan fingerprint density at radius 2 is 1.73 bits per heavy atom. The van der Waals surface area contributed by atoms with E-state index in [9.17, 15) is 4.79 Å². The minimum absolute atomic E-state index is 0.0460. The van der Waals surface area contributed by atoms with Gasteiger partial charge in [0.25, 0.3) is 0 Å². The number of nitrogens with one attached hydrogen (secondary N) is 1. The third kappa shape index (κ3) is 5.75. The summed E-state index contributed by atoms with van der Waals surface area (Å²) in [6, 6.07) is 18.2. The molecule has 4 rings (SSSR count). The van der Waals surface area contributed by atoms with E-state index >= 15 is 0 Å². The summed E-state index contributed by atoms with van der Waals surface area (Å²) in [5.41, 5.74) is 3.16. The Kier molecular flexibility index (Phi) is 7.67. The van der Waals surface area contributed by atoms with Gasteiger partial charge in [0.05, 0.1) is 25.0 Å². The number of nitrogens with zero attached hydrogens (tertiary/aromatic N) is 4. The number of carbonyl (C=O) groups is 1. The molecule has 33 heavy (non-hydrogen) atoms. The van der Waals surface area contributed by atoms with Crippen LogP contribution in [0.25, 0.3) is 0 Å².